The highest BCUT2D eigenvalue weighted by atomic mass is 16.5. The average molecular weight is 178 g/mol. The van der Waals surface area contributed by atoms with Crippen LogP contribution < -0.4 is 9.64 Å². The zero-order valence-corrected chi connectivity index (χ0v) is 8.03. The molecule has 1 aromatic heterocycles. The van der Waals surface area contributed by atoms with Gasteiger partial charge in [0.05, 0.1) is 6.54 Å². The maximum absolute atomic E-state index is 5.45. The SMILES string of the molecule is CC(C)N1CCOc2ncccc21. The van der Waals surface area contributed by atoms with Gasteiger partial charge in [-0.3, -0.25) is 0 Å². The van der Waals surface area contributed by atoms with Gasteiger partial charge in [-0.2, -0.15) is 0 Å². The van der Waals surface area contributed by atoms with E-state index in [9.17, 15) is 0 Å². The molecule has 0 aliphatic carbocycles. The van der Waals surface area contributed by atoms with Crippen LogP contribution in [0.2, 0.25) is 0 Å². The van der Waals surface area contributed by atoms with E-state index in [4.69, 9.17) is 4.74 Å². The minimum atomic E-state index is 0.506. The largest absolute Gasteiger partial charge is 0.474 e. The summed E-state index contributed by atoms with van der Waals surface area (Å²) in [6.45, 7) is 6.06. The highest BCUT2D eigenvalue weighted by Crippen LogP contribution is 2.29. The number of hydrogen-bond donors (Lipinski definition) is 0. The summed E-state index contributed by atoms with van der Waals surface area (Å²) in [6.07, 6.45) is 1.77. The second-order valence-corrected chi connectivity index (χ2v) is 3.46. The lowest BCUT2D eigenvalue weighted by Crippen LogP contribution is -2.38. The molecule has 3 heteroatoms. The molecule has 0 radical (unpaired) electrons. The Bertz CT molecular complexity index is 299. The van der Waals surface area contributed by atoms with Crippen LogP contribution in [-0.4, -0.2) is 24.2 Å². The molecule has 0 atom stereocenters. The molecule has 0 fully saturated rings. The van der Waals surface area contributed by atoms with Gasteiger partial charge in [0.25, 0.3) is 0 Å². The maximum atomic E-state index is 5.45. The minimum Gasteiger partial charge on any atom is -0.474 e. The number of pyridine rings is 1. The lowest BCUT2D eigenvalue weighted by molar-refractivity contribution is 0.291. The van der Waals surface area contributed by atoms with E-state index in [0.29, 0.717) is 6.04 Å². The molecule has 0 unspecified atom stereocenters. The molecule has 1 aliphatic rings. The third kappa shape index (κ3) is 1.46. The van der Waals surface area contributed by atoms with Gasteiger partial charge in [-0.15, -0.1) is 0 Å². The number of nitrogens with zero attached hydrogens (tertiary/aromatic N) is 2. The fourth-order valence-electron chi connectivity index (χ4n) is 1.61. The van der Waals surface area contributed by atoms with Crippen LogP contribution >= 0.6 is 0 Å². The number of rotatable bonds is 1. The third-order valence-electron chi connectivity index (χ3n) is 2.25. The van der Waals surface area contributed by atoms with Crippen molar-refractivity contribution < 1.29 is 4.74 Å². The van der Waals surface area contributed by atoms with Gasteiger partial charge < -0.3 is 9.64 Å². The first-order valence-corrected chi connectivity index (χ1v) is 4.63. The van der Waals surface area contributed by atoms with Crippen molar-refractivity contribution in [2.24, 2.45) is 0 Å². The van der Waals surface area contributed by atoms with Crippen molar-refractivity contribution in [3.63, 3.8) is 0 Å². The van der Waals surface area contributed by atoms with Gasteiger partial charge in [0.2, 0.25) is 5.88 Å². The van der Waals surface area contributed by atoms with Crippen LogP contribution in [0, 0.1) is 0 Å². The molecule has 1 aromatic rings. The summed E-state index contributed by atoms with van der Waals surface area (Å²) >= 11 is 0. The number of ether oxygens (including phenoxy) is 1. The van der Waals surface area contributed by atoms with E-state index in [1.165, 1.54) is 0 Å². The fourth-order valence-corrected chi connectivity index (χ4v) is 1.61. The number of fused-ring (bicyclic) bond motifs is 1. The van der Waals surface area contributed by atoms with Gasteiger partial charge in [-0.05, 0) is 26.0 Å². The van der Waals surface area contributed by atoms with Gasteiger partial charge in [-0.25, -0.2) is 4.98 Å². The highest BCUT2D eigenvalue weighted by Gasteiger charge is 2.20. The van der Waals surface area contributed by atoms with Crippen LogP contribution in [0.25, 0.3) is 0 Å². The monoisotopic (exact) mass is 178 g/mol. The summed E-state index contributed by atoms with van der Waals surface area (Å²) in [5.41, 5.74) is 1.11. The first kappa shape index (κ1) is 8.35. The molecule has 0 aromatic carbocycles. The first-order chi connectivity index (χ1) is 6.29. The van der Waals surface area contributed by atoms with Gasteiger partial charge in [0, 0.05) is 12.2 Å². The predicted molar refractivity (Wildman–Crippen MR) is 52.2 cm³/mol. The highest BCUT2D eigenvalue weighted by molar-refractivity contribution is 5.56. The van der Waals surface area contributed by atoms with Crippen LogP contribution in [0.1, 0.15) is 13.8 Å². The summed E-state index contributed by atoms with van der Waals surface area (Å²) in [5, 5.41) is 0. The van der Waals surface area contributed by atoms with E-state index >= 15 is 0 Å². The molecule has 0 spiro atoms. The van der Waals surface area contributed by atoms with Crippen LogP contribution in [0.5, 0.6) is 5.88 Å². The Kier molecular flexibility index (Phi) is 2.08. The standard InChI is InChI=1S/C10H14N2O/c1-8(2)12-6-7-13-10-9(12)4-3-5-11-10/h3-5,8H,6-7H2,1-2H3. The van der Waals surface area contributed by atoms with Crippen molar-refractivity contribution in [1.82, 2.24) is 4.98 Å². The van der Waals surface area contributed by atoms with E-state index < -0.39 is 0 Å². The minimum absolute atomic E-state index is 0.506. The second-order valence-electron chi connectivity index (χ2n) is 3.46. The molecule has 3 nitrogen and oxygen atoms in total. The number of hydrogen-bond acceptors (Lipinski definition) is 3. The summed E-state index contributed by atoms with van der Waals surface area (Å²) in [6, 6.07) is 4.51. The lowest BCUT2D eigenvalue weighted by Gasteiger charge is -2.33. The molecule has 70 valence electrons. The van der Waals surface area contributed by atoms with Crippen LogP contribution in [-0.2, 0) is 0 Å². The number of anilines is 1. The average Bonchev–Trinajstić information content (AvgIpc) is 2.17. The van der Waals surface area contributed by atoms with Crippen molar-refractivity contribution >= 4 is 5.69 Å². The molecular formula is C10H14N2O. The molecule has 2 heterocycles. The zero-order valence-electron chi connectivity index (χ0n) is 8.03. The van der Waals surface area contributed by atoms with Crippen LogP contribution in [0.3, 0.4) is 0 Å². The Labute approximate surface area is 78.3 Å². The van der Waals surface area contributed by atoms with Gasteiger partial charge >= 0.3 is 0 Å². The fraction of sp³-hybridized carbons (Fsp3) is 0.500. The van der Waals surface area contributed by atoms with Crippen molar-refractivity contribution in [3.05, 3.63) is 18.3 Å². The quantitative estimate of drug-likeness (QED) is 0.654. The van der Waals surface area contributed by atoms with E-state index in [-0.39, 0.29) is 0 Å². The molecule has 0 saturated carbocycles. The van der Waals surface area contributed by atoms with E-state index in [1.54, 1.807) is 6.20 Å². The van der Waals surface area contributed by atoms with Crippen LogP contribution in [0.15, 0.2) is 18.3 Å². The van der Waals surface area contributed by atoms with Gasteiger partial charge in [0.15, 0.2) is 0 Å². The Hall–Kier alpha value is -1.25. The Morgan fingerprint density at radius 3 is 3.15 bits per heavy atom. The van der Waals surface area contributed by atoms with Gasteiger partial charge in [0.1, 0.15) is 12.3 Å². The molecule has 0 N–H and O–H groups in total. The summed E-state index contributed by atoms with van der Waals surface area (Å²) < 4.78 is 5.45. The van der Waals surface area contributed by atoms with Crippen molar-refractivity contribution in [2.45, 2.75) is 19.9 Å². The molecule has 2 rings (SSSR count). The summed E-state index contributed by atoms with van der Waals surface area (Å²) in [7, 11) is 0. The summed E-state index contributed by atoms with van der Waals surface area (Å²) in [5.74, 6) is 0.766. The Morgan fingerprint density at radius 2 is 2.38 bits per heavy atom. The van der Waals surface area contributed by atoms with Crippen LogP contribution in [0.4, 0.5) is 5.69 Å². The molecule has 0 saturated heterocycles. The molecule has 13 heavy (non-hydrogen) atoms. The maximum Gasteiger partial charge on any atom is 0.237 e. The second kappa shape index (κ2) is 3.24. The van der Waals surface area contributed by atoms with Crippen molar-refractivity contribution in [2.75, 3.05) is 18.1 Å². The Balaban J connectivity index is 2.37. The van der Waals surface area contributed by atoms with Gasteiger partial charge in [-0.1, -0.05) is 0 Å². The third-order valence-corrected chi connectivity index (χ3v) is 2.25. The first-order valence-electron chi connectivity index (χ1n) is 4.63. The van der Waals surface area contributed by atoms with E-state index in [0.717, 1.165) is 24.7 Å². The zero-order chi connectivity index (χ0) is 9.26. The normalized spacial score (nSPS) is 15.5. The lowest BCUT2D eigenvalue weighted by atomic mass is 10.2. The molecular weight excluding hydrogens is 164 g/mol. The smallest absolute Gasteiger partial charge is 0.237 e. The van der Waals surface area contributed by atoms with Crippen molar-refractivity contribution in [3.8, 4) is 5.88 Å². The summed E-state index contributed by atoms with van der Waals surface area (Å²) in [4.78, 5) is 6.50. The molecule has 1 aliphatic heterocycles. The van der Waals surface area contributed by atoms with Crippen molar-refractivity contribution in [1.29, 1.82) is 0 Å². The molecule has 0 bridgehead atoms. The van der Waals surface area contributed by atoms with E-state index in [2.05, 4.69) is 29.8 Å². The Morgan fingerprint density at radius 1 is 1.54 bits per heavy atom. The number of aromatic nitrogens is 1. The van der Waals surface area contributed by atoms with E-state index in [1.807, 2.05) is 6.07 Å². The molecule has 0 amide bonds. The predicted octanol–water partition coefficient (Wildman–Crippen LogP) is 1.69. The topological polar surface area (TPSA) is 25.4 Å².